The Labute approximate surface area is 177 Å². The van der Waals surface area contributed by atoms with Crippen molar-refractivity contribution in [2.75, 3.05) is 31.4 Å². The van der Waals surface area contributed by atoms with Crippen LogP contribution in [0.4, 0.5) is 11.4 Å². The number of amides is 1. The largest absolute Gasteiger partial charge is 0.493 e. The molecule has 1 aliphatic rings. The number of ether oxygens (including phenoxy) is 2. The van der Waals surface area contributed by atoms with E-state index in [9.17, 15) is 4.79 Å². The number of nitrogens with zero attached hydrogens (tertiary/aromatic N) is 1. The predicted octanol–water partition coefficient (Wildman–Crippen LogP) is 4.02. The summed E-state index contributed by atoms with van der Waals surface area (Å²) in [7, 11) is 3.22. The van der Waals surface area contributed by atoms with Gasteiger partial charge in [-0.25, -0.2) is 4.99 Å². The van der Waals surface area contributed by atoms with Crippen molar-refractivity contribution >= 4 is 23.2 Å². The monoisotopic (exact) mass is 410 g/mol. The lowest BCUT2D eigenvalue weighted by molar-refractivity contribution is -0.122. The normalized spacial score (nSPS) is 13.9. The lowest BCUT2D eigenvalue weighted by atomic mass is 9.85. The van der Waals surface area contributed by atoms with Gasteiger partial charge in [-0.1, -0.05) is 18.6 Å². The first-order valence-electron chi connectivity index (χ1n) is 10.3. The second kappa shape index (κ2) is 10.5. The summed E-state index contributed by atoms with van der Waals surface area (Å²) in [6.45, 7) is 3.23. The number of carbonyl (C=O) groups excluding carboxylic acids is 1. The van der Waals surface area contributed by atoms with Gasteiger partial charge in [0.2, 0.25) is 5.91 Å². The topological polar surface area (TPSA) is 84.0 Å². The van der Waals surface area contributed by atoms with Crippen molar-refractivity contribution in [1.29, 1.82) is 0 Å². The summed E-state index contributed by atoms with van der Waals surface area (Å²) in [6, 6.07) is 13.4. The summed E-state index contributed by atoms with van der Waals surface area (Å²) in [5.74, 6) is 2.26. The Hall–Kier alpha value is -3.22. The van der Waals surface area contributed by atoms with Crippen LogP contribution in [0, 0.1) is 5.92 Å². The molecule has 2 aromatic rings. The standard InChI is InChI=1S/C23H30N4O3/c1-4-24-23(27-19-11-12-20(29-2)21(14-19)30-3)25-15-16-7-5-10-18(13-16)26-22(28)17-8-6-9-17/h5,7,10-14,17H,4,6,8-9,15H2,1-3H3,(H,26,28)(H2,24,25,27). The third kappa shape index (κ3) is 5.65. The third-order valence-corrected chi connectivity index (χ3v) is 5.08. The number of rotatable bonds is 8. The maximum atomic E-state index is 12.2. The van der Waals surface area contributed by atoms with E-state index in [-0.39, 0.29) is 11.8 Å². The van der Waals surface area contributed by atoms with Crippen LogP contribution in [0.2, 0.25) is 0 Å². The highest BCUT2D eigenvalue weighted by Gasteiger charge is 2.25. The number of methoxy groups -OCH3 is 2. The van der Waals surface area contributed by atoms with Crippen molar-refractivity contribution in [3.63, 3.8) is 0 Å². The molecule has 3 rings (SSSR count). The Balaban J connectivity index is 1.67. The Morgan fingerprint density at radius 3 is 2.47 bits per heavy atom. The first kappa shape index (κ1) is 21.5. The number of hydrogen-bond acceptors (Lipinski definition) is 4. The van der Waals surface area contributed by atoms with E-state index in [4.69, 9.17) is 9.47 Å². The molecule has 0 saturated heterocycles. The van der Waals surface area contributed by atoms with Gasteiger partial charge >= 0.3 is 0 Å². The van der Waals surface area contributed by atoms with Gasteiger partial charge in [-0.15, -0.1) is 0 Å². The molecule has 0 radical (unpaired) electrons. The zero-order chi connectivity index (χ0) is 21.3. The van der Waals surface area contributed by atoms with Crippen LogP contribution >= 0.6 is 0 Å². The molecule has 1 aliphatic carbocycles. The van der Waals surface area contributed by atoms with Crippen LogP contribution < -0.4 is 25.4 Å². The van der Waals surface area contributed by atoms with Gasteiger partial charge in [0, 0.05) is 29.9 Å². The van der Waals surface area contributed by atoms with Gasteiger partial charge in [-0.3, -0.25) is 4.79 Å². The molecule has 0 aliphatic heterocycles. The van der Waals surface area contributed by atoms with Crippen LogP contribution in [0.25, 0.3) is 0 Å². The van der Waals surface area contributed by atoms with Crippen molar-refractivity contribution in [3.8, 4) is 11.5 Å². The molecule has 1 saturated carbocycles. The van der Waals surface area contributed by atoms with E-state index in [2.05, 4.69) is 20.9 Å². The number of benzene rings is 2. The summed E-state index contributed by atoms with van der Waals surface area (Å²) in [5.41, 5.74) is 2.68. The molecule has 0 aromatic heterocycles. The average molecular weight is 411 g/mol. The van der Waals surface area contributed by atoms with Gasteiger partial charge in [-0.05, 0) is 49.6 Å². The number of anilines is 2. The SMILES string of the molecule is CCNC(=NCc1cccc(NC(=O)C2CCC2)c1)Nc1ccc(OC)c(OC)c1. The van der Waals surface area contributed by atoms with Gasteiger partial charge in [0.05, 0.1) is 20.8 Å². The van der Waals surface area contributed by atoms with Crippen LogP contribution in [0.3, 0.4) is 0 Å². The maximum absolute atomic E-state index is 12.2. The molecule has 0 bridgehead atoms. The third-order valence-electron chi connectivity index (χ3n) is 5.08. The smallest absolute Gasteiger partial charge is 0.227 e. The van der Waals surface area contributed by atoms with E-state index < -0.39 is 0 Å². The summed E-state index contributed by atoms with van der Waals surface area (Å²) < 4.78 is 10.6. The maximum Gasteiger partial charge on any atom is 0.227 e. The molecule has 7 nitrogen and oxygen atoms in total. The van der Waals surface area contributed by atoms with E-state index in [0.29, 0.717) is 24.0 Å². The summed E-state index contributed by atoms with van der Waals surface area (Å²) in [4.78, 5) is 16.9. The molecule has 30 heavy (non-hydrogen) atoms. The fourth-order valence-electron chi connectivity index (χ4n) is 3.19. The van der Waals surface area contributed by atoms with E-state index in [1.54, 1.807) is 14.2 Å². The van der Waals surface area contributed by atoms with Crippen LogP contribution in [-0.2, 0) is 11.3 Å². The van der Waals surface area contributed by atoms with Gasteiger partial charge in [0.15, 0.2) is 17.5 Å². The highest BCUT2D eigenvalue weighted by Crippen LogP contribution is 2.30. The van der Waals surface area contributed by atoms with Crippen molar-refractivity contribution < 1.29 is 14.3 Å². The Morgan fingerprint density at radius 1 is 1.03 bits per heavy atom. The summed E-state index contributed by atoms with van der Waals surface area (Å²) in [6.07, 6.45) is 3.13. The minimum atomic E-state index is 0.116. The van der Waals surface area contributed by atoms with Crippen molar-refractivity contribution in [2.24, 2.45) is 10.9 Å². The second-order valence-electron chi connectivity index (χ2n) is 7.21. The number of carbonyl (C=O) groups is 1. The van der Waals surface area contributed by atoms with E-state index in [1.165, 1.54) is 0 Å². The molecule has 0 atom stereocenters. The predicted molar refractivity (Wildman–Crippen MR) is 120 cm³/mol. The molecule has 0 unspecified atom stereocenters. The fourth-order valence-corrected chi connectivity index (χ4v) is 3.19. The van der Waals surface area contributed by atoms with Gasteiger partial charge in [0.1, 0.15) is 0 Å². The lowest BCUT2D eigenvalue weighted by Gasteiger charge is -2.24. The molecule has 0 heterocycles. The molecule has 1 amide bonds. The molecular formula is C23H30N4O3. The zero-order valence-corrected chi connectivity index (χ0v) is 17.8. The quantitative estimate of drug-likeness (QED) is 0.452. The van der Waals surface area contributed by atoms with Crippen molar-refractivity contribution in [3.05, 3.63) is 48.0 Å². The van der Waals surface area contributed by atoms with Crippen LogP contribution in [0.1, 0.15) is 31.7 Å². The highest BCUT2D eigenvalue weighted by atomic mass is 16.5. The average Bonchev–Trinajstić information content (AvgIpc) is 2.71. The van der Waals surface area contributed by atoms with E-state index >= 15 is 0 Å². The van der Waals surface area contributed by atoms with Gasteiger partial charge in [-0.2, -0.15) is 0 Å². The van der Waals surface area contributed by atoms with Gasteiger partial charge in [0.25, 0.3) is 0 Å². The Kier molecular flexibility index (Phi) is 7.54. The Morgan fingerprint density at radius 2 is 1.80 bits per heavy atom. The first-order chi connectivity index (χ1) is 14.6. The second-order valence-corrected chi connectivity index (χ2v) is 7.21. The van der Waals surface area contributed by atoms with Gasteiger partial charge < -0.3 is 25.4 Å². The lowest BCUT2D eigenvalue weighted by Crippen LogP contribution is -2.30. The molecule has 160 valence electrons. The number of aliphatic imine (C=N–C) groups is 1. The number of nitrogens with one attached hydrogen (secondary N) is 3. The van der Waals surface area contributed by atoms with Crippen LogP contribution in [-0.4, -0.2) is 32.6 Å². The molecule has 7 heteroatoms. The molecule has 2 aromatic carbocycles. The number of guanidine groups is 1. The minimum Gasteiger partial charge on any atom is -0.493 e. The highest BCUT2D eigenvalue weighted by molar-refractivity contribution is 5.94. The van der Waals surface area contributed by atoms with Crippen molar-refractivity contribution in [1.82, 2.24) is 5.32 Å². The molecule has 0 spiro atoms. The van der Waals surface area contributed by atoms with Crippen molar-refractivity contribution in [2.45, 2.75) is 32.7 Å². The minimum absolute atomic E-state index is 0.116. The Bertz CT molecular complexity index is 894. The van der Waals surface area contributed by atoms with Crippen LogP contribution in [0.5, 0.6) is 11.5 Å². The van der Waals surface area contributed by atoms with Crippen LogP contribution in [0.15, 0.2) is 47.5 Å². The molecule has 1 fully saturated rings. The molecule has 3 N–H and O–H groups in total. The fraction of sp³-hybridized carbons (Fsp3) is 0.391. The number of hydrogen-bond donors (Lipinski definition) is 3. The zero-order valence-electron chi connectivity index (χ0n) is 17.8. The summed E-state index contributed by atoms with van der Waals surface area (Å²) in [5, 5.41) is 9.54. The van der Waals surface area contributed by atoms with E-state index in [1.807, 2.05) is 49.4 Å². The molecular weight excluding hydrogens is 380 g/mol. The summed E-state index contributed by atoms with van der Waals surface area (Å²) >= 11 is 0. The first-order valence-corrected chi connectivity index (χ1v) is 10.3. The van der Waals surface area contributed by atoms with E-state index in [0.717, 1.165) is 42.7 Å².